The molecule has 1 aliphatic rings. The van der Waals surface area contributed by atoms with Crippen LogP contribution in [0.15, 0.2) is 66.7 Å². The Hall–Kier alpha value is -4.13. The summed E-state index contributed by atoms with van der Waals surface area (Å²) in [4.78, 5) is 38.6. The Morgan fingerprint density at radius 2 is 1.50 bits per heavy atom. The van der Waals surface area contributed by atoms with Gasteiger partial charge in [0.15, 0.2) is 0 Å². The summed E-state index contributed by atoms with van der Waals surface area (Å²) in [7, 11) is 0. The number of rotatable bonds is 6. The molecular weight excluding hydrogens is 454 g/mol. The Bertz CT molecular complexity index is 1270. The number of anilines is 2. The van der Waals surface area contributed by atoms with Crippen molar-refractivity contribution in [3.05, 3.63) is 83.4 Å². The number of nitrogens with zero attached hydrogens (tertiary/aromatic N) is 1. The molecule has 3 amide bonds. The van der Waals surface area contributed by atoms with Crippen LogP contribution in [0.2, 0.25) is 0 Å². The van der Waals surface area contributed by atoms with Gasteiger partial charge in [0.05, 0.1) is 5.56 Å². The molecule has 0 spiro atoms. The molecule has 0 unspecified atom stereocenters. The highest BCUT2D eigenvalue weighted by molar-refractivity contribution is 5.99. The largest absolute Gasteiger partial charge is 0.478 e. The Balaban J connectivity index is 1.39. The number of aromatic carboxylic acids is 1. The number of carbonyl (C=O) groups excluding carboxylic acids is 2. The predicted octanol–water partition coefficient (Wildman–Crippen LogP) is 6.12. The average molecular weight is 486 g/mol. The topological polar surface area (TPSA) is 98.7 Å². The molecule has 36 heavy (non-hydrogen) atoms. The molecule has 0 bridgehead atoms. The van der Waals surface area contributed by atoms with Gasteiger partial charge in [-0.2, -0.15) is 0 Å². The third-order valence-electron chi connectivity index (χ3n) is 6.58. The molecule has 1 aliphatic heterocycles. The summed E-state index contributed by atoms with van der Waals surface area (Å²) in [5, 5.41) is 14.9. The molecule has 0 aliphatic carbocycles. The van der Waals surface area contributed by atoms with Crippen LogP contribution in [0, 0.1) is 6.92 Å². The summed E-state index contributed by atoms with van der Waals surface area (Å²) in [5.74, 6) is -0.770. The normalized spacial score (nSPS) is 15.1. The molecule has 7 heteroatoms. The molecule has 0 saturated carbocycles. The van der Waals surface area contributed by atoms with Crippen LogP contribution in [-0.2, 0) is 4.79 Å². The molecule has 3 aromatic rings. The number of carbonyl (C=O) groups is 3. The van der Waals surface area contributed by atoms with Gasteiger partial charge in [-0.05, 0) is 84.3 Å². The van der Waals surface area contributed by atoms with E-state index in [1.165, 1.54) is 5.56 Å². The van der Waals surface area contributed by atoms with Crippen molar-refractivity contribution in [2.45, 2.75) is 45.6 Å². The maximum atomic E-state index is 13.0. The van der Waals surface area contributed by atoms with Crippen molar-refractivity contribution in [1.29, 1.82) is 0 Å². The molecule has 186 valence electrons. The van der Waals surface area contributed by atoms with E-state index in [1.807, 2.05) is 37.3 Å². The Kier molecular flexibility index (Phi) is 7.38. The molecule has 0 aromatic heterocycles. The van der Waals surface area contributed by atoms with E-state index in [0.717, 1.165) is 28.8 Å². The summed E-state index contributed by atoms with van der Waals surface area (Å²) in [6.45, 7) is 6.84. The zero-order valence-electron chi connectivity index (χ0n) is 20.7. The van der Waals surface area contributed by atoms with E-state index in [0.29, 0.717) is 24.6 Å². The molecule has 4 rings (SSSR count). The van der Waals surface area contributed by atoms with E-state index >= 15 is 0 Å². The van der Waals surface area contributed by atoms with Gasteiger partial charge < -0.3 is 20.6 Å². The minimum absolute atomic E-state index is 0.215. The van der Waals surface area contributed by atoms with Gasteiger partial charge in [0.2, 0.25) is 5.91 Å². The lowest BCUT2D eigenvalue weighted by molar-refractivity contribution is -0.119. The molecule has 0 radical (unpaired) electrons. The lowest BCUT2D eigenvalue weighted by Crippen LogP contribution is -2.45. The van der Waals surface area contributed by atoms with Gasteiger partial charge in [-0.3, -0.25) is 4.79 Å². The molecular formula is C29H31N3O4. The molecule has 1 fully saturated rings. The highest BCUT2D eigenvalue weighted by Gasteiger charge is 2.34. The van der Waals surface area contributed by atoms with Crippen molar-refractivity contribution >= 4 is 29.3 Å². The van der Waals surface area contributed by atoms with Gasteiger partial charge in [-0.1, -0.05) is 44.2 Å². The maximum absolute atomic E-state index is 13.0. The fourth-order valence-corrected chi connectivity index (χ4v) is 4.66. The number of carboxylic acids is 1. The summed E-state index contributed by atoms with van der Waals surface area (Å²) < 4.78 is 0. The number of hydrogen-bond donors (Lipinski definition) is 3. The highest BCUT2D eigenvalue weighted by atomic mass is 16.4. The fourth-order valence-electron chi connectivity index (χ4n) is 4.66. The Morgan fingerprint density at radius 3 is 2.08 bits per heavy atom. The molecule has 3 N–H and O–H groups in total. The molecule has 1 heterocycles. The van der Waals surface area contributed by atoms with E-state index < -0.39 is 12.0 Å². The number of carboxylic acid groups (broad SMARTS) is 1. The summed E-state index contributed by atoms with van der Waals surface area (Å²) in [6.07, 6.45) is 1.38. The summed E-state index contributed by atoms with van der Waals surface area (Å²) in [6, 6.07) is 19.1. The SMILES string of the molecule is Cc1cc(NC(=O)N2CCC[C@@H]2C(=O)Nc2ccc(-c3ccc(C(=O)O)cc3)cc2)ccc1C(C)C. The smallest absolute Gasteiger partial charge is 0.335 e. The number of nitrogens with one attached hydrogen (secondary N) is 2. The molecule has 3 aromatic carbocycles. The lowest BCUT2D eigenvalue weighted by Gasteiger charge is -2.24. The number of urea groups is 1. The standard InChI is InChI=1S/C29H31N3O4/c1-18(2)25-15-14-24(17-19(25)3)31-29(36)32-16-4-5-26(32)27(33)30-23-12-10-21(11-13-23)20-6-8-22(9-7-20)28(34)35/h6-15,17-18,26H,4-5,16H2,1-3H3,(H,30,33)(H,31,36)(H,34,35)/t26-/m1/s1. The van der Waals surface area contributed by atoms with Gasteiger partial charge in [-0.15, -0.1) is 0 Å². The van der Waals surface area contributed by atoms with Gasteiger partial charge in [0.25, 0.3) is 0 Å². The van der Waals surface area contributed by atoms with Crippen molar-refractivity contribution in [3.8, 4) is 11.1 Å². The van der Waals surface area contributed by atoms with Crippen molar-refractivity contribution in [2.24, 2.45) is 0 Å². The second kappa shape index (κ2) is 10.6. The van der Waals surface area contributed by atoms with Crippen LogP contribution < -0.4 is 10.6 Å². The first kappa shape index (κ1) is 25.0. The molecule has 7 nitrogen and oxygen atoms in total. The monoisotopic (exact) mass is 485 g/mol. The number of amides is 3. The molecule has 1 saturated heterocycles. The summed E-state index contributed by atoms with van der Waals surface area (Å²) >= 11 is 0. The third kappa shape index (κ3) is 5.57. The van der Waals surface area contributed by atoms with E-state index in [4.69, 9.17) is 5.11 Å². The predicted molar refractivity (Wildman–Crippen MR) is 141 cm³/mol. The minimum Gasteiger partial charge on any atom is -0.478 e. The number of aryl methyl sites for hydroxylation is 1. The minimum atomic E-state index is -0.964. The summed E-state index contributed by atoms with van der Waals surface area (Å²) in [5.41, 5.74) is 5.75. The van der Waals surface area contributed by atoms with Gasteiger partial charge >= 0.3 is 12.0 Å². The van der Waals surface area contributed by atoms with Crippen molar-refractivity contribution in [3.63, 3.8) is 0 Å². The van der Waals surface area contributed by atoms with E-state index in [1.54, 1.807) is 41.3 Å². The van der Waals surface area contributed by atoms with Gasteiger partial charge in [-0.25, -0.2) is 9.59 Å². The lowest BCUT2D eigenvalue weighted by atomic mass is 9.98. The first-order valence-electron chi connectivity index (χ1n) is 12.2. The Labute approximate surface area is 211 Å². The fraction of sp³-hybridized carbons (Fsp3) is 0.276. The van der Waals surface area contributed by atoms with Crippen LogP contribution in [-0.4, -0.2) is 40.5 Å². The van der Waals surface area contributed by atoms with Gasteiger partial charge in [0.1, 0.15) is 6.04 Å². The van der Waals surface area contributed by atoms with E-state index in [-0.39, 0.29) is 17.5 Å². The first-order valence-corrected chi connectivity index (χ1v) is 12.2. The van der Waals surface area contributed by atoms with Crippen molar-refractivity contribution in [1.82, 2.24) is 4.90 Å². The number of hydrogen-bond acceptors (Lipinski definition) is 3. The highest BCUT2D eigenvalue weighted by Crippen LogP contribution is 2.26. The number of likely N-dealkylation sites (tertiary alicyclic amines) is 1. The van der Waals surface area contributed by atoms with Crippen molar-refractivity contribution < 1.29 is 19.5 Å². The van der Waals surface area contributed by atoms with E-state index in [9.17, 15) is 14.4 Å². The number of benzene rings is 3. The van der Waals surface area contributed by atoms with Crippen LogP contribution in [0.5, 0.6) is 0 Å². The van der Waals surface area contributed by atoms with Crippen LogP contribution in [0.4, 0.5) is 16.2 Å². The Morgan fingerprint density at radius 1 is 0.889 bits per heavy atom. The maximum Gasteiger partial charge on any atom is 0.335 e. The van der Waals surface area contributed by atoms with Crippen molar-refractivity contribution in [2.75, 3.05) is 17.2 Å². The zero-order valence-corrected chi connectivity index (χ0v) is 20.7. The third-order valence-corrected chi connectivity index (χ3v) is 6.58. The molecule has 1 atom stereocenters. The second-order valence-corrected chi connectivity index (χ2v) is 9.46. The van der Waals surface area contributed by atoms with Crippen LogP contribution in [0.25, 0.3) is 11.1 Å². The van der Waals surface area contributed by atoms with Crippen LogP contribution in [0.3, 0.4) is 0 Å². The quantitative estimate of drug-likeness (QED) is 0.392. The average Bonchev–Trinajstić information content (AvgIpc) is 3.35. The first-order chi connectivity index (χ1) is 17.2. The van der Waals surface area contributed by atoms with Crippen LogP contribution in [0.1, 0.15) is 54.1 Å². The second-order valence-electron chi connectivity index (χ2n) is 9.46. The van der Waals surface area contributed by atoms with E-state index in [2.05, 4.69) is 24.5 Å². The zero-order chi connectivity index (χ0) is 25.8. The van der Waals surface area contributed by atoms with Crippen LogP contribution >= 0.6 is 0 Å². The van der Waals surface area contributed by atoms with Gasteiger partial charge in [0, 0.05) is 17.9 Å².